The second kappa shape index (κ2) is 7.95. The number of hydrogen-bond acceptors (Lipinski definition) is 5. The molecule has 0 aliphatic carbocycles. The van der Waals surface area contributed by atoms with Gasteiger partial charge >= 0.3 is 0 Å². The lowest BCUT2D eigenvalue weighted by Gasteiger charge is -2.24. The van der Waals surface area contributed by atoms with Crippen molar-refractivity contribution in [3.05, 3.63) is 33.9 Å². The average molecular weight is 294 g/mol. The van der Waals surface area contributed by atoms with Gasteiger partial charge in [-0.1, -0.05) is 6.92 Å². The summed E-state index contributed by atoms with van der Waals surface area (Å²) < 4.78 is 11.3. The number of non-ortho nitro benzene ring substituents is 1. The van der Waals surface area contributed by atoms with Crippen LogP contribution in [-0.2, 0) is 11.3 Å². The molecule has 1 saturated heterocycles. The Morgan fingerprint density at radius 2 is 2.19 bits per heavy atom. The Labute approximate surface area is 124 Å². The molecule has 2 rings (SSSR count). The maximum absolute atomic E-state index is 10.9. The predicted octanol–water partition coefficient (Wildman–Crippen LogP) is 2.65. The second-order valence-corrected chi connectivity index (χ2v) is 5.16. The third-order valence-corrected chi connectivity index (χ3v) is 3.46. The summed E-state index contributed by atoms with van der Waals surface area (Å²) in [4.78, 5) is 10.5. The molecule has 0 bridgehead atoms. The van der Waals surface area contributed by atoms with Crippen molar-refractivity contribution in [3.63, 3.8) is 0 Å². The molecule has 21 heavy (non-hydrogen) atoms. The van der Waals surface area contributed by atoms with Crippen LogP contribution in [0.15, 0.2) is 18.2 Å². The van der Waals surface area contributed by atoms with Crippen molar-refractivity contribution in [2.75, 3.05) is 19.8 Å². The van der Waals surface area contributed by atoms with Crippen molar-refractivity contribution >= 4 is 5.69 Å². The van der Waals surface area contributed by atoms with Crippen LogP contribution in [0, 0.1) is 10.1 Å². The van der Waals surface area contributed by atoms with Crippen molar-refractivity contribution in [2.24, 2.45) is 0 Å². The van der Waals surface area contributed by atoms with Crippen LogP contribution < -0.4 is 10.1 Å². The van der Waals surface area contributed by atoms with Gasteiger partial charge in [0.25, 0.3) is 5.69 Å². The van der Waals surface area contributed by atoms with Gasteiger partial charge in [0.1, 0.15) is 11.9 Å². The van der Waals surface area contributed by atoms with E-state index in [-0.39, 0.29) is 16.7 Å². The van der Waals surface area contributed by atoms with Crippen LogP contribution in [0.1, 0.15) is 31.7 Å². The fraction of sp³-hybridized carbons (Fsp3) is 0.600. The zero-order valence-electron chi connectivity index (χ0n) is 12.3. The zero-order valence-corrected chi connectivity index (χ0v) is 12.3. The summed E-state index contributed by atoms with van der Waals surface area (Å²) in [5.41, 5.74) is 0.937. The van der Waals surface area contributed by atoms with Gasteiger partial charge in [0.2, 0.25) is 0 Å². The smallest absolute Gasteiger partial charge is 0.270 e. The van der Waals surface area contributed by atoms with Crippen LogP contribution in [0.3, 0.4) is 0 Å². The molecule has 0 atom stereocenters. The number of nitro groups is 1. The first-order valence-electron chi connectivity index (χ1n) is 7.43. The lowest BCUT2D eigenvalue weighted by atomic mass is 10.1. The molecule has 1 aromatic rings. The van der Waals surface area contributed by atoms with E-state index >= 15 is 0 Å². The molecule has 0 unspecified atom stereocenters. The summed E-state index contributed by atoms with van der Waals surface area (Å²) in [6.07, 6.45) is 2.87. The van der Waals surface area contributed by atoms with Crippen molar-refractivity contribution in [2.45, 2.75) is 38.8 Å². The van der Waals surface area contributed by atoms with E-state index < -0.39 is 0 Å². The number of hydrogen-bond donors (Lipinski definition) is 1. The SMILES string of the molecule is CCCNCc1cc([N+](=O)[O-])ccc1OC1CCOCC1. The normalized spacial score (nSPS) is 15.9. The van der Waals surface area contributed by atoms with E-state index in [9.17, 15) is 10.1 Å². The molecule has 1 heterocycles. The minimum Gasteiger partial charge on any atom is -0.490 e. The molecule has 1 N–H and O–H groups in total. The third-order valence-electron chi connectivity index (χ3n) is 3.46. The van der Waals surface area contributed by atoms with Crippen LogP contribution in [0.5, 0.6) is 5.75 Å². The first kappa shape index (κ1) is 15.7. The standard InChI is InChI=1S/C15H22N2O4/c1-2-7-16-11-12-10-13(17(18)19)3-4-15(12)21-14-5-8-20-9-6-14/h3-4,10,14,16H,2,5-9,11H2,1H3. The molecule has 0 amide bonds. The molecule has 0 saturated carbocycles. The van der Waals surface area contributed by atoms with Crippen LogP contribution in [0.4, 0.5) is 5.69 Å². The second-order valence-electron chi connectivity index (χ2n) is 5.16. The Bertz CT molecular complexity index is 473. The third kappa shape index (κ3) is 4.68. The Kier molecular flexibility index (Phi) is 5.95. The maximum atomic E-state index is 10.9. The van der Waals surface area contributed by atoms with Gasteiger partial charge in [-0.3, -0.25) is 10.1 Å². The predicted molar refractivity (Wildman–Crippen MR) is 79.6 cm³/mol. The van der Waals surface area contributed by atoms with E-state index in [0.29, 0.717) is 19.8 Å². The largest absolute Gasteiger partial charge is 0.490 e. The summed E-state index contributed by atoms with van der Waals surface area (Å²) in [6, 6.07) is 4.80. The van der Waals surface area contributed by atoms with Gasteiger partial charge in [0.15, 0.2) is 0 Å². The highest BCUT2D eigenvalue weighted by atomic mass is 16.6. The number of ether oxygens (including phenoxy) is 2. The number of rotatable bonds is 7. The highest BCUT2D eigenvalue weighted by Gasteiger charge is 2.18. The first-order valence-corrected chi connectivity index (χ1v) is 7.43. The Balaban J connectivity index is 2.10. The van der Waals surface area contributed by atoms with Crippen LogP contribution in [0.2, 0.25) is 0 Å². The molecular weight excluding hydrogens is 272 g/mol. The summed E-state index contributed by atoms with van der Waals surface area (Å²) in [7, 11) is 0. The van der Waals surface area contributed by atoms with E-state index in [1.54, 1.807) is 12.1 Å². The number of nitrogens with one attached hydrogen (secondary N) is 1. The minimum atomic E-state index is -0.373. The summed E-state index contributed by atoms with van der Waals surface area (Å²) in [6.45, 7) is 4.95. The summed E-state index contributed by atoms with van der Waals surface area (Å²) >= 11 is 0. The maximum Gasteiger partial charge on any atom is 0.270 e. The van der Waals surface area contributed by atoms with Gasteiger partial charge in [0.05, 0.1) is 18.1 Å². The molecular formula is C15H22N2O4. The molecule has 116 valence electrons. The number of nitrogens with zero attached hydrogens (tertiary/aromatic N) is 1. The van der Waals surface area contributed by atoms with E-state index in [1.165, 1.54) is 6.07 Å². The molecule has 1 aliphatic rings. The molecule has 0 spiro atoms. The van der Waals surface area contributed by atoms with Gasteiger partial charge in [-0.05, 0) is 19.0 Å². The zero-order chi connectivity index (χ0) is 15.1. The van der Waals surface area contributed by atoms with Gasteiger partial charge in [0, 0.05) is 37.1 Å². The molecule has 1 aliphatic heterocycles. The minimum absolute atomic E-state index is 0.0997. The molecule has 1 fully saturated rings. The van der Waals surface area contributed by atoms with Crippen LogP contribution in [0.25, 0.3) is 0 Å². The monoisotopic (exact) mass is 294 g/mol. The molecule has 1 aromatic carbocycles. The van der Waals surface area contributed by atoms with Gasteiger partial charge in [-0.25, -0.2) is 0 Å². The van der Waals surface area contributed by atoms with E-state index in [0.717, 1.165) is 37.1 Å². The number of nitro benzene ring substituents is 1. The van der Waals surface area contributed by atoms with Crippen LogP contribution >= 0.6 is 0 Å². The van der Waals surface area contributed by atoms with Crippen molar-refractivity contribution in [3.8, 4) is 5.75 Å². The Morgan fingerprint density at radius 1 is 1.43 bits per heavy atom. The highest BCUT2D eigenvalue weighted by Crippen LogP contribution is 2.27. The van der Waals surface area contributed by atoms with E-state index in [4.69, 9.17) is 9.47 Å². The van der Waals surface area contributed by atoms with Gasteiger partial charge in [-0.2, -0.15) is 0 Å². The van der Waals surface area contributed by atoms with Crippen LogP contribution in [-0.4, -0.2) is 30.8 Å². The fourth-order valence-electron chi connectivity index (χ4n) is 2.31. The van der Waals surface area contributed by atoms with Gasteiger partial charge in [-0.15, -0.1) is 0 Å². The quantitative estimate of drug-likeness (QED) is 0.475. The van der Waals surface area contributed by atoms with Gasteiger partial charge < -0.3 is 14.8 Å². The van der Waals surface area contributed by atoms with E-state index in [1.807, 2.05) is 0 Å². The Hall–Kier alpha value is -1.66. The van der Waals surface area contributed by atoms with E-state index in [2.05, 4.69) is 12.2 Å². The number of benzene rings is 1. The molecule has 0 radical (unpaired) electrons. The summed E-state index contributed by atoms with van der Waals surface area (Å²) in [5.74, 6) is 0.733. The van der Waals surface area contributed by atoms with Crippen molar-refractivity contribution in [1.82, 2.24) is 5.32 Å². The first-order chi connectivity index (χ1) is 10.2. The Morgan fingerprint density at radius 3 is 2.86 bits per heavy atom. The topological polar surface area (TPSA) is 73.6 Å². The average Bonchev–Trinajstić information content (AvgIpc) is 2.50. The summed E-state index contributed by atoms with van der Waals surface area (Å²) in [5, 5.41) is 14.2. The fourth-order valence-corrected chi connectivity index (χ4v) is 2.31. The lowest BCUT2D eigenvalue weighted by molar-refractivity contribution is -0.384. The molecule has 6 heteroatoms. The van der Waals surface area contributed by atoms with Crippen molar-refractivity contribution < 1.29 is 14.4 Å². The van der Waals surface area contributed by atoms with Crippen molar-refractivity contribution in [1.29, 1.82) is 0 Å². The highest BCUT2D eigenvalue weighted by molar-refractivity contribution is 5.44. The lowest BCUT2D eigenvalue weighted by Crippen LogP contribution is -2.26. The molecule has 0 aromatic heterocycles. The molecule has 6 nitrogen and oxygen atoms in total.